The minimum Gasteiger partial charge on any atom is -0.489 e. The first-order valence-corrected chi connectivity index (χ1v) is 9.61. The van der Waals surface area contributed by atoms with Crippen LogP contribution in [-0.2, 0) is 6.61 Å². The van der Waals surface area contributed by atoms with E-state index in [2.05, 4.69) is 26.2 Å². The Morgan fingerprint density at radius 2 is 1.68 bits per heavy atom. The lowest BCUT2D eigenvalue weighted by molar-refractivity contribution is 0.102. The van der Waals surface area contributed by atoms with E-state index < -0.39 is 0 Å². The Labute approximate surface area is 171 Å². The lowest BCUT2D eigenvalue weighted by atomic mass is 10.1. The molecule has 5 heteroatoms. The fourth-order valence-electron chi connectivity index (χ4n) is 2.85. The predicted molar refractivity (Wildman–Crippen MR) is 115 cm³/mol. The molecule has 1 heterocycles. The molecular weight excluding hydrogens is 416 g/mol. The second-order valence-electron chi connectivity index (χ2n) is 6.27. The van der Waals surface area contributed by atoms with Crippen LogP contribution in [0.25, 0.3) is 10.9 Å². The van der Waals surface area contributed by atoms with Crippen molar-refractivity contribution in [3.63, 3.8) is 0 Å². The normalized spacial score (nSPS) is 10.6. The number of aromatic nitrogens is 1. The number of para-hydroxylation sites is 1. The first-order valence-electron chi connectivity index (χ1n) is 8.81. The summed E-state index contributed by atoms with van der Waals surface area (Å²) in [4.78, 5) is 17.0. The van der Waals surface area contributed by atoms with E-state index in [0.29, 0.717) is 17.9 Å². The summed E-state index contributed by atoms with van der Waals surface area (Å²) in [6.45, 7) is 0.441. The molecule has 1 amide bonds. The molecule has 0 aliphatic rings. The molecule has 3 aromatic carbocycles. The van der Waals surface area contributed by atoms with Crippen molar-refractivity contribution in [2.75, 3.05) is 5.32 Å². The lowest BCUT2D eigenvalue weighted by Crippen LogP contribution is -2.12. The highest BCUT2D eigenvalue weighted by molar-refractivity contribution is 9.10. The van der Waals surface area contributed by atoms with E-state index in [4.69, 9.17) is 4.74 Å². The summed E-state index contributed by atoms with van der Waals surface area (Å²) in [5.74, 6) is 0.631. The lowest BCUT2D eigenvalue weighted by Gasteiger charge is -2.09. The van der Waals surface area contributed by atoms with E-state index in [1.54, 1.807) is 18.3 Å². The number of nitrogens with zero attached hydrogens (tertiary/aromatic N) is 1. The molecular formula is C23H17BrN2O2. The van der Waals surface area contributed by atoms with Gasteiger partial charge in [0.25, 0.3) is 5.91 Å². The van der Waals surface area contributed by atoms with Crippen molar-refractivity contribution in [3.8, 4) is 5.75 Å². The zero-order valence-electron chi connectivity index (χ0n) is 14.9. The molecule has 1 N–H and O–H groups in total. The summed E-state index contributed by atoms with van der Waals surface area (Å²) in [6.07, 6.45) is 1.72. The third-order valence-electron chi connectivity index (χ3n) is 4.32. The smallest absolute Gasteiger partial charge is 0.255 e. The minimum absolute atomic E-state index is 0.168. The second kappa shape index (κ2) is 8.23. The van der Waals surface area contributed by atoms with Gasteiger partial charge in [0.05, 0.1) is 11.2 Å². The maximum absolute atomic E-state index is 12.6. The topological polar surface area (TPSA) is 51.2 Å². The standard InChI is InChI=1S/C23H17BrN2O2/c24-19-10-12-20(13-11-19)28-15-16-6-8-18(9-7-16)23(27)26-21-5-1-3-17-4-2-14-25-22(17)21/h1-14H,15H2,(H,26,27). The summed E-state index contributed by atoms with van der Waals surface area (Å²) in [7, 11) is 0. The van der Waals surface area contributed by atoms with Crippen LogP contribution in [0, 0.1) is 0 Å². The summed E-state index contributed by atoms with van der Waals surface area (Å²) >= 11 is 3.40. The van der Waals surface area contributed by atoms with Crippen LogP contribution in [-0.4, -0.2) is 10.9 Å². The number of anilines is 1. The molecule has 0 aliphatic heterocycles. The maximum Gasteiger partial charge on any atom is 0.255 e. The molecule has 1 aromatic heterocycles. The summed E-state index contributed by atoms with van der Waals surface area (Å²) in [5, 5.41) is 3.93. The minimum atomic E-state index is -0.168. The second-order valence-corrected chi connectivity index (χ2v) is 7.19. The Balaban J connectivity index is 1.43. The number of carbonyl (C=O) groups is 1. The van der Waals surface area contributed by atoms with E-state index in [-0.39, 0.29) is 5.91 Å². The fourth-order valence-corrected chi connectivity index (χ4v) is 3.11. The number of hydrogen-bond acceptors (Lipinski definition) is 3. The highest BCUT2D eigenvalue weighted by Gasteiger charge is 2.09. The summed E-state index contributed by atoms with van der Waals surface area (Å²) < 4.78 is 6.77. The van der Waals surface area contributed by atoms with Crippen molar-refractivity contribution in [3.05, 3.63) is 101 Å². The molecule has 0 radical (unpaired) electrons. The first kappa shape index (κ1) is 18.2. The van der Waals surface area contributed by atoms with Crippen LogP contribution >= 0.6 is 15.9 Å². The Morgan fingerprint density at radius 1 is 0.929 bits per heavy atom. The number of nitrogens with one attached hydrogen (secondary N) is 1. The molecule has 0 fully saturated rings. The van der Waals surface area contributed by atoms with Crippen LogP contribution in [0.15, 0.2) is 89.5 Å². The molecule has 4 aromatic rings. The van der Waals surface area contributed by atoms with Gasteiger partial charge in [0, 0.05) is 21.6 Å². The fraction of sp³-hybridized carbons (Fsp3) is 0.0435. The van der Waals surface area contributed by atoms with Gasteiger partial charge in [-0.1, -0.05) is 46.3 Å². The molecule has 0 saturated heterocycles. The van der Waals surface area contributed by atoms with E-state index in [9.17, 15) is 4.79 Å². The average Bonchev–Trinajstić information content (AvgIpc) is 2.74. The van der Waals surface area contributed by atoms with Crippen LogP contribution in [0.4, 0.5) is 5.69 Å². The van der Waals surface area contributed by atoms with Crippen molar-refractivity contribution >= 4 is 38.4 Å². The largest absolute Gasteiger partial charge is 0.489 e. The number of rotatable bonds is 5. The number of pyridine rings is 1. The van der Waals surface area contributed by atoms with Crippen molar-refractivity contribution in [2.45, 2.75) is 6.61 Å². The molecule has 0 atom stereocenters. The van der Waals surface area contributed by atoms with Gasteiger partial charge < -0.3 is 10.1 Å². The van der Waals surface area contributed by atoms with Gasteiger partial charge in [-0.3, -0.25) is 9.78 Å². The van der Waals surface area contributed by atoms with Gasteiger partial charge in [-0.25, -0.2) is 0 Å². The molecule has 4 rings (SSSR count). The van der Waals surface area contributed by atoms with Gasteiger partial charge in [0.15, 0.2) is 0 Å². The molecule has 0 aliphatic carbocycles. The third-order valence-corrected chi connectivity index (χ3v) is 4.84. The Hall–Kier alpha value is -3.18. The Bertz CT molecular complexity index is 1100. The molecule has 0 unspecified atom stereocenters. The van der Waals surface area contributed by atoms with Crippen LogP contribution < -0.4 is 10.1 Å². The average molecular weight is 433 g/mol. The monoisotopic (exact) mass is 432 g/mol. The van der Waals surface area contributed by atoms with Gasteiger partial charge >= 0.3 is 0 Å². The van der Waals surface area contributed by atoms with E-state index in [0.717, 1.165) is 26.7 Å². The van der Waals surface area contributed by atoms with Gasteiger partial charge in [-0.15, -0.1) is 0 Å². The summed E-state index contributed by atoms with van der Waals surface area (Å²) in [6, 6.07) is 24.7. The van der Waals surface area contributed by atoms with Gasteiger partial charge in [0.1, 0.15) is 12.4 Å². The van der Waals surface area contributed by atoms with Gasteiger partial charge in [-0.2, -0.15) is 0 Å². The zero-order valence-corrected chi connectivity index (χ0v) is 16.5. The highest BCUT2D eigenvalue weighted by atomic mass is 79.9. The Kier molecular flexibility index (Phi) is 5.35. The number of fused-ring (bicyclic) bond motifs is 1. The number of carbonyl (C=O) groups excluding carboxylic acids is 1. The first-order chi connectivity index (χ1) is 13.7. The molecule has 0 saturated carbocycles. The van der Waals surface area contributed by atoms with Crippen molar-refractivity contribution in [2.24, 2.45) is 0 Å². The number of hydrogen-bond donors (Lipinski definition) is 1. The van der Waals surface area contributed by atoms with Gasteiger partial charge in [0.2, 0.25) is 0 Å². The van der Waals surface area contributed by atoms with E-state index >= 15 is 0 Å². The molecule has 138 valence electrons. The van der Waals surface area contributed by atoms with Crippen LogP contribution in [0.5, 0.6) is 5.75 Å². The van der Waals surface area contributed by atoms with Crippen LogP contribution in [0.2, 0.25) is 0 Å². The number of amides is 1. The predicted octanol–water partition coefficient (Wildman–Crippen LogP) is 5.83. The van der Waals surface area contributed by atoms with E-state index in [1.165, 1.54) is 0 Å². The SMILES string of the molecule is O=C(Nc1cccc2cccnc12)c1ccc(COc2ccc(Br)cc2)cc1. The Morgan fingerprint density at radius 3 is 2.46 bits per heavy atom. The van der Waals surface area contributed by atoms with E-state index in [1.807, 2.05) is 66.7 Å². The zero-order chi connectivity index (χ0) is 19.3. The van der Waals surface area contributed by atoms with Gasteiger partial charge in [-0.05, 0) is 54.1 Å². The van der Waals surface area contributed by atoms with Crippen molar-refractivity contribution in [1.82, 2.24) is 4.98 Å². The van der Waals surface area contributed by atoms with Crippen molar-refractivity contribution < 1.29 is 9.53 Å². The number of halogens is 1. The molecule has 0 spiro atoms. The third kappa shape index (κ3) is 4.21. The van der Waals surface area contributed by atoms with Crippen LogP contribution in [0.3, 0.4) is 0 Å². The molecule has 28 heavy (non-hydrogen) atoms. The molecule has 0 bridgehead atoms. The molecule has 4 nitrogen and oxygen atoms in total. The quantitative estimate of drug-likeness (QED) is 0.431. The number of ether oxygens (including phenoxy) is 1. The number of benzene rings is 3. The highest BCUT2D eigenvalue weighted by Crippen LogP contribution is 2.22. The summed E-state index contributed by atoms with van der Waals surface area (Å²) in [5.41, 5.74) is 3.05. The van der Waals surface area contributed by atoms with Crippen LogP contribution in [0.1, 0.15) is 15.9 Å². The van der Waals surface area contributed by atoms with Crippen molar-refractivity contribution in [1.29, 1.82) is 0 Å². The maximum atomic E-state index is 12.6.